The van der Waals surface area contributed by atoms with E-state index in [9.17, 15) is 9.59 Å². The van der Waals surface area contributed by atoms with Crippen molar-refractivity contribution in [2.24, 2.45) is 10.9 Å². The maximum atomic E-state index is 12.7. The first-order valence-corrected chi connectivity index (χ1v) is 14.1. The number of hydrogen-bond acceptors (Lipinski definition) is 5. The molecule has 2 amide bonds. The van der Waals surface area contributed by atoms with Crippen molar-refractivity contribution in [3.05, 3.63) is 41.5 Å². The summed E-state index contributed by atoms with van der Waals surface area (Å²) in [6.07, 6.45) is 2.90. The van der Waals surface area contributed by atoms with Crippen LogP contribution in [0.1, 0.15) is 58.1 Å². The van der Waals surface area contributed by atoms with Crippen molar-refractivity contribution < 1.29 is 9.59 Å². The number of aliphatic imine (C=N–C) groups is 1. The molecule has 1 aromatic carbocycles. The molecule has 0 spiro atoms. The van der Waals surface area contributed by atoms with E-state index in [4.69, 9.17) is 4.99 Å². The number of aryl methyl sites for hydroxylation is 2. The highest BCUT2D eigenvalue weighted by atomic mass is 32.2. The average molecular weight is 501 g/mol. The van der Waals surface area contributed by atoms with Crippen LogP contribution in [0, 0.1) is 12.8 Å². The summed E-state index contributed by atoms with van der Waals surface area (Å²) in [5.41, 5.74) is 4.94. The largest absolute Gasteiger partial charge is 0.351 e. The van der Waals surface area contributed by atoms with Crippen molar-refractivity contribution in [1.82, 2.24) is 15.5 Å². The fourth-order valence-corrected chi connectivity index (χ4v) is 4.98. The van der Waals surface area contributed by atoms with E-state index in [1.54, 1.807) is 0 Å². The third kappa shape index (κ3) is 10.2. The molecule has 2 N–H and O–H groups in total. The van der Waals surface area contributed by atoms with E-state index in [0.717, 1.165) is 54.4 Å². The Morgan fingerprint density at radius 2 is 1.91 bits per heavy atom. The second-order valence-electron chi connectivity index (χ2n) is 9.58. The summed E-state index contributed by atoms with van der Waals surface area (Å²) in [5.74, 6) is 2.32. The van der Waals surface area contributed by atoms with Crippen LogP contribution in [0.4, 0.5) is 5.69 Å². The Hall–Kier alpha value is -2.12. The van der Waals surface area contributed by atoms with Crippen molar-refractivity contribution >= 4 is 35.0 Å². The first-order chi connectivity index (χ1) is 16.7. The van der Waals surface area contributed by atoms with Gasteiger partial charge in [-0.2, -0.15) is 11.8 Å². The lowest BCUT2D eigenvalue weighted by atomic mass is 9.98. The molecule has 0 saturated carbocycles. The highest BCUT2D eigenvalue weighted by Gasteiger charge is 2.21. The van der Waals surface area contributed by atoms with Gasteiger partial charge in [0.15, 0.2) is 0 Å². The van der Waals surface area contributed by atoms with E-state index in [2.05, 4.69) is 68.0 Å². The normalized spacial score (nSPS) is 16.4. The number of hydrogen-bond donors (Lipinski definition) is 2. The number of amides is 2. The fourth-order valence-electron chi connectivity index (χ4n) is 4.01. The molecule has 1 aliphatic heterocycles. The maximum absolute atomic E-state index is 12.7. The molecule has 2 atom stereocenters. The van der Waals surface area contributed by atoms with Crippen LogP contribution < -0.4 is 10.6 Å². The zero-order valence-electron chi connectivity index (χ0n) is 22.3. The van der Waals surface area contributed by atoms with E-state index in [1.165, 1.54) is 5.56 Å². The molecule has 1 aliphatic rings. The number of carbonyl (C=O) groups is 2. The van der Waals surface area contributed by atoms with Crippen LogP contribution in [0.3, 0.4) is 0 Å². The van der Waals surface area contributed by atoms with Gasteiger partial charge in [0.2, 0.25) is 11.8 Å². The molecule has 7 heteroatoms. The van der Waals surface area contributed by atoms with E-state index in [0.29, 0.717) is 31.5 Å². The van der Waals surface area contributed by atoms with E-state index < -0.39 is 0 Å². The van der Waals surface area contributed by atoms with Gasteiger partial charge >= 0.3 is 0 Å². The van der Waals surface area contributed by atoms with Gasteiger partial charge in [-0.15, -0.1) is 0 Å². The van der Waals surface area contributed by atoms with Crippen LogP contribution >= 0.6 is 11.8 Å². The topological polar surface area (TPSA) is 73.8 Å². The second kappa shape index (κ2) is 15.1. The lowest BCUT2D eigenvalue weighted by molar-refractivity contribution is -0.123. The first-order valence-electron chi connectivity index (χ1n) is 12.9. The van der Waals surface area contributed by atoms with Crippen molar-refractivity contribution in [2.45, 2.75) is 66.3 Å². The summed E-state index contributed by atoms with van der Waals surface area (Å²) < 4.78 is 0. The number of nitrogens with one attached hydrogen (secondary N) is 2. The number of rotatable bonds is 13. The molecule has 0 bridgehead atoms. The van der Waals surface area contributed by atoms with E-state index >= 15 is 0 Å². The van der Waals surface area contributed by atoms with Gasteiger partial charge in [0.25, 0.3) is 0 Å². The Morgan fingerprint density at radius 1 is 1.20 bits per heavy atom. The van der Waals surface area contributed by atoms with Crippen molar-refractivity contribution in [2.75, 3.05) is 37.7 Å². The molecule has 1 aromatic rings. The van der Waals surface area contributed by atoms with Crippen LogP contribution in [-0.2, 0) is 16.0 Å². The zero-order valence-corrected chi connectivity index (χ0v) is 23.1. The van der Waals surface area contributed by atoms with Crippen molar-refractivity contribution in [3.8, 4) is 0 Å². The first kappa shape index (κ1) is 29.1. The van der Waals surface area contributed by atoms with Crippen molar-refractivity contribution in [1.29, 1.82) is 0 Å². The third-order valence-electron chi connectivity index (χ3n) is 6.69. The molecule has 0 aliphatic carbocycles. The molecular weight excluding hydrogens is 456 g/mol. The molecule has 1 heterocycles. The molecular formula is C28H44N4O2S. The standard InChI is InChI=1S/C28H44N4O2S/c1-7-20(3)26(18-29-28(34)22(5)19-32-13-15-35-16-14-32)31-27(33)12-9-23(6)30-25-11-10-24(8-2)17-21(25)4/h10-11,17,20,26H,5,7-9,12-16,18-19H2,1-4,6H3,(H,29,34)(H,31,33). The Labute approximate surface area is 216 Å². The van der Waals surface area contributed by atoms with Crippen LogP contribution in [0.5, 0.6) is 0 Å². The Bertz CT molecular complexity index is 893. The van der Waals surface area contributed by atoms with Gasteiger partial charge in [-0.05, 0) is 49.8 Å². The molecule has 2 rings (SSSR count). The van der Waals surface area contributed by atoms with Crippen LogP contribution in [0.2, 0.25) is 0 Å². The zero-order chi connectivity index (χ0) is 25.8. The molecule has 0 aromatic heterocycles. The molecule has 0 radical (unpaired) electrons. The molecule has 1 fully saturated rings. The fraction of sp³-hybridized carbons (Fsp3) is 0.607. The Balaban J connectivity index is 1.84. The average Bonchev–Trinajstić information content (AvgIpc) is 2.86. The summed E-state index contributed by atoms with van der Waals surface area (Å²) in [5, 5.41) is 6.13. The minimum atomic E-state index is -0.127. The smallest absolute Gasteiger partial charge is 0.247 e. The summed E-state index contributed by atoms with van der Waals surface area (Å²) >= 11 is 1.95. The van der Waals surface area contributed by atoms with Crippen LogP contribution in [0.15, 0.2) is 35.3 Å². The molecule has 35 heavy (non-hydrogen) atoms. The third-order valence-corrected chi connectivity index (χ3v) is 7.64. The van der Waals surface area contributed by atoms with Crippen LogP contribution in [-0.4, -0.2) is 66.2 Å². The highest BCUT2D eigenvalue weighted by molar-refractivity contribution is 7.99. The van der Waals surface area contributed by atoms with E-state index in [-0.39, 0.29) is 23.8 Å². The van der Waals surface area contributed by atoms with Crippen LogP contribution in [0.25, 0.3) is 0 Å². The summed E-state index contributed by atoms with van der Waals surface area (Å²) in [6, 6.07) is 6.22. The number of nitrogens with zero attached hydrogens (tertiary/aromatic N) is 2. The SMILES string of the molecule is C=C(CN1CCSCC1)C(=O)NCC(NC(=O)CCC(C)=Nc1ccc(CC)cc1C)C(C)CC. The van der Waals surface area contributed by atoms with E-state index in [1.807, 2.05) is 18.7 Å². The number of carbonyl (C=O) groups excluding carboxylic acids is 2. The van der Waals surface area contributed by atoms with Gasteiger partial charge in [-0.25, -0.2) is 0 Å². The Kier molecular flexibility index (Phi) is 12.6. The monoisotopic (exact) mass is 500 g/mol. The molecule has 194 valence electrons. The van der Waals surface area contributed by atoms with Crippen molar-refractivity contribution in [3.63, 3.8) is 0 Å². The van der Waals surface area contributed by atoms with Gasteiger partial charge in [-0.3, -0.25) is 19.5 Å². The highest BCUT2D eigenvalue weighted by Crippen LogP contribution is 2.21. The predicted octanol–water partition coefficient (Wildman–Crippen LogP) is 4.68. The van der Waals surface area contributed by atoms with Gasteiger partial charge < -0.3 is 10.6 Å². The predicted molar refractivity (Wildman–Crippen MR) is 150 cm³/mol. The number of thioether (sulfide) groups is 1. The quantitative estimate of drug-likeness (QED) is 0.305. The number of benzene rings is 1. The summed E-state index contributed by atoms with van der Waals surface area (Å²) in [4.78, 5) is 32.3. The minimum absolute atomic E-state index is 0.0122. The molecule has 6 nitrogen and oxygen atoms in total. The van der Waals surface area contributed by atoms with Gasteiger partial charge in [-0.1, -0.05) is 45.9 Å². The minimum Gasteiger partial charge on any atom is -0.351 e. The summed E-state index contributed by atoms with van der Waals surface area (Å²) in [7, 11) is 0. The lowest BCUT2D eigenvalue weighted by Crippen LogP contribution is -2.48. The van der Waals surface area contributed by atoms with Gasteiger partial charge in [0.1, 0.15) is 0 Å². The molecule has 2 unspecified atom stereocenters. The summed E-state index contributed by atoms with van der Waals surface area (Å²) in [6.45, 7) is 17.4. The molecule has 1 saturated heterocycles. The second-order valence-corrected chi connectivity index (χ2v) is 10.8. The maximum Gasteiger partial charge on any atom is 0.247 e. The van der Waals surface area contributed by atoms with Gasteiger partial charge in [0, 0.05) is 61.4 Å². The lowest BCUT2D eigenvalue weighted by Gasteiger charge is -2.27. The van der Waals surface area contributed by atoms with Gasteiger partial charge in [0.05, 0.1) is 5.69 Å². The Morgan fingerprint density at radius 3 is 2.54 bits per heavy atom.